The van der Waals surface area contributed by atoms with Crippen LogP contribution in [0.5, 0.6) is 11.5 Å². The van der Waals surface area contributed by atoms with Gasteiger partial charge in [0.25, 0.3) is 5.91 Å². The molecule has 0 saturated heterocycles. The van der Waals surface area contributed by atoms with Gasteiger partial charge in [-0.2, -0.15) is 0 Å². The number of aliphatic imine (C=N–C) groups is 1. The number of anilines is 1. The summed E-state index contributed by atoms with van der Waals surface area (Å²) in [7, 11) is 3.04. The lowest BCUT2D eigenvalue weighted by molar-refractivity contribution is -0.118. The van der Waals surface area contributed by atoms with E-state index in [9.17, 15) is 9.59 Å². The second-order valence-electron chi connectivity index (χ2n) is 7.32. The van der Waals surface area contributed by atoms with E-state index < -0.39 is 5.92 Å². The molecule has 1 atom stereocenters. The first-order chi connectivity index (χ1) is 14.0. The maximum Gasteiger partial charge on any atom is 0.265 e. The van der Waals surface area contributed by atoms with Crippen molar-refractivity contribution >= 4 is 23.7 Å². The van der Waals surface area contributed by atoms with Gasteiger partial charge in [0.2, 0.25) is 5.91 Å². The van der Waals surface area contributed by atoms with E-state index >= 15 is 0 Å². The standard InChI is InChI=1S/C23H26N2O4/c1-15(2)11-12-24-14-19-17-7-5-6-8-18(17)22(26)25(23(19)27)20-10-9-16(28-3)13-21(20)29-4/h5-10,13-15,19H,11-12H2,1-4H3. The summed E-state index contributed by atoms with van der Waals surface area (Å²) in [6.45, 7) is 4.91. The van der Waals surface area contributed by atoms with Gasteiger partial charge in [0.15, 0.2) is 0 Å². The van der Waals surface area contributed by atoms with E-state index in [1.807, 2.05) is 12.1 Å². The number of rotatable bonds is 7. The third-order valence-electron chi connectivity index (χ3n) is 4.93. The van der Waals surface area contributed by atoms with Crippen molar-refractivity contribution in [1.29, 1.82) is 0 Å². The van der Waals surface area contributed by atoms with Crippen molar-refractivity contribution in [2.75, 3.05) is 25.7 Å². The van der Waals surface area contributed by atoms with Gasteiger partial charge >= 0.3 is 0 Å². The number of fused-ring (bicyclic) bond motifs is 1. The number of carbonyl (C=O) groups is 2. The van der Waals surface area contributed by atoms with Crippen LogP contribution in [-0.4, -0.2) is 38.8 Å². The molecule has 0 radical (unpaired) electrons. The Morgan fingerprint density at radius 3 is 2.55 bits per heavy atom. The molecule has 0 aromatic heterocycles. The van der Waals surface area contributed by atoms with Crippen molar-refractivity contribution in [2.24, 2.45) is 10.9 Å². The summed E-state index contributed by atoms with van der Waals surface area (Å²) in [5, 5.41) is 0. The molecular formula is C23H26N2O4. The van der Waals surface area contributed by atoms with Gasteiger partial charge < -0.3 is 9.47 Å². The highest BCUT2D eigenvalue weighted by Crippen LogP contribution is 2.38. The normalized spacial score (nSPS) is 16.4. The Balaban J connectivity index is 2.04. The fourth-order valence-corrected chi connectivity index (χ4v) is 3.31. The third-order valence-corrected chi connectivity index (χ3v) is 4.93. The van der Waals surface area contributed by atoms with E-state index in [0.717, 1.165) is 6.42 Å². The number of hydrogen-bond donors (Lipinski definition) is 0. The molecule has 6 nitrogen and oxygen atoms in total. The highest BCUT2D eigenvalue weighted by atomic mass is 16.5. The molecule has 6 heteroatoms. The van der Waals surface area contributed by atoms with Gasteiger partial charge in [-0.05, 0) is 36.1 Å². The molecule has 2 aromatic rings. The molecule has 0 N–H and O–H groups in total. The second kappa shape index (κ2) is 8.90. The topological polar surface area (TPSA) is 68.2 Å². The number of imide groups is 1. The molecule has 0 spiro atoms. The summed E-state index contributed by atoms with van der Waals surface area (Å²) in [6, 6.07) is 12.2. The van der Waals surface area contributed by atoms with Crippen LogP contribution < -0.4 is 14.4 Å². The van der Waals surface area contributed by atoms with Crippen LogP contribution in [0.15, 0.2) is 47.5 Å². The number of methoxy groups -OCH3 is 2. The molecule has 3 rings (SSSR count). The monoisotopic (exact) mass is 394 g/mol. The van der Waals surface area contributed by atoms with E-state index in [1.165, 1.54) is 12.0 Å². The minimum atomic E-state index is -0.622. The average molecular weight is 394 g/mol. The molecule has 29 heavy (non-hydrogen) atoms. The van der Waals surface area contributed by atoms with Crippen molar-refractivity contribution in [3.8, 4) is 11.5 Å². The molecule has 0 bridgehead atoms. The zero-order chi connectivity index (χ0) is 21.0. The van der Waals surface area contributed by atoms with Gasteiger partial charge in [0.05, 0.1) is 25.8 Å². The lowest BCUT2D eigenvalue weighted by Crippen LogP contribution is -2.45. The Hall–Kier alpha value is -3.15. The highest BCUT2D eigenvalue weighted by molar-refractivity contribution is 6.29. The summed E-state index contributed by atoms with van der Waals surface area (Å²) in [5.41, 5.74) is 1.56. The van der Waals surface area contributed by atoms with Gasteiger partial charge in [-0.3, -0.25) is 14.6 Å². The van der Waals surface area contributed by atoms with Crippen molar-refractivity contribution in [1.82, 2.24) is 0 Å². The Kier molecular flexibility index (Phi) is 6.32. The smallest absolute Gasteiger partial charge is 0.265 e. The summed E-state index contributed by atoms with van der Waals surface area (Å²) < 4.78 is 10.7. The molecule has 1 aliphatic heterocycles. The van der Waals surface area contributed by atoms with Gasteiger partial charge in [0.1, 0.15) is 11.5 Å². The van der Waals surface area contributed by atoms with E-state index in [-0.39, 0.29) is 11.8 Å². The number of amides is 2. The van der Waals surface area contributed by atoms with E-state index in [2.05, 4.69) is 18.8 Å². The molecule has 0 saturated carbocycles. The fourth-order valence-electron chi connectivity index (χ4n) is 3.31. The Morgan fingerprint density at radius 1 is 1.10 bits per heavy atom. The number of hydrogen-bond acceptors (Lipinski definition) is 5. The quantitative estimate of drug-likeness (QED) is 0.524. The van der Waals surface area contributed by atoms with Crippen LogP contribution in [0.25, 0.3) is 0 Å². The molecule has 1 heterocycles. The maximum atomic E-state index is 13.4. The summed E-state index contributed by atoms with van der Waals surface area (Å²) in [5.74, 6) is 0.160. The SMILES string of the molecule is COc1ccc(N2C(=O)c3ccccc3C(C=NCCC(C)C)C2=O)c(OC)c1. The van der Waals surface area contributed by atoms with E-state index in [0.29, 0.717) is 40.8 Å². The van der Waals surface area contributed by atoms with Crippen LogP contribution in [0.3, 0.4) is 0 Å². The Morgan fingerprint density at radius 2 is 1.86 bits per heavy atom. The lowest BCUT2D eigenvalue weighted by atomic mass is 9.88. The molecule has 1 unspecified atom stereocenters. The summed E-state index contributed by atoms with van der Waals surface area (Å²) >= 11 is 0. The summed E-state index contributed by atoms with van der Waals surface area (Å²) in [6.07, 6.45) is 2.60. The maximum absolute atomic E-state index is 13.4. The number of ether oxygens (including phenoxy) is 2. The number of carbonyl (C=O) groups excluding carboxylic acids is 2. The van der Waals surface area contributed by atoms with Crippen LogP contribution in [0.2, 0.25) is 0 Å². The molecular weight excluding hydrogens is 368 g/mol. The number of nitrogens with zero attached hydrogens (tertiary/aromatic N) is 2. The van der Waals surface area contributed by atoms with Crippen LogP contribution in [-0.2, 0) is 4.79 Å². The zero-order valence-electron chi connectivity index (χ0n) is 17.2. The van der Waals surface area contributed by atoms with Crippen molar-refractivity contribution in [3.05, 3.63) is 53.6 Å². The minimum Gasteiger partial charge on any atom is -0.497 e. The van der Waals surface area contributed by atoms with Gasteiger partial charge in [-0.15, -0.1) is 0 Å². The summed E-state index contributed by atoms with van der Waals surface area (Å²) in [4.78, 5) is 32.2. The van der Waals surface area contributed by atoms with Crippen molar-refractivity contribution in [3.63, 3.8) is 0 Å². The number of benzene rings is 2. The first kappa shape index (κ1) is 20.6. The van der Waals surface area contributed by atoms with Crippen molar-refractivity contribution in [2.45, 2.75) is 26.2 Å². The van der Waals surface area contributed by atoms with Gasteiger partial charge in [0, 0.05) is 24.4 Å². The van der Waals surface area contributed by atoms with E-state index in [4.69, 9.17) is 9.47 Å². The first-order valence-corrected chi connectivity index (χ1v) is 9.67. The molecule has 1 aliphatic rings. The zero-order valence-corrected chi connectivity index (χ0v) is 17.2. The highest BCUT2D eigenvalue weighted by Gasteiger charge is 2.39. The fraction of sp³-hybridized carbons (Fsp3) is 0.348. The van der Waals surface area contributed by atoms with Gasteiger partial charge in [-0.1, -0.05) is 32.0 Å². The van der Waals surface area contributed by atoms with Crippen LogP contribution in [0, 0.1) is 5.92 Å². The van der Waals surface area contributed by atoms with Gasteiger partial charge in [-0.25, -0.2) is 4.90 Å². The Labute approximate surface area is 171 Å². The molecule has 2 amide bonds. The second-order valence-corrected chi connectivity index (χ2v) is 7.32. The van der Waals surface area contributed by atoms with E-state index in [1.54, 1.807) is 43.7 Å². The first-order valence-electron chi connectivity index (χ1n) is 9.67. The molecule has 2 aromatic carbocycles. The van der Waals surface area contributed by atoms with Crippen LogP contribution >= 0.6 is 0 Å². The van der Waals surface area contributed by atoms with Crippen molar-refractivity contribution < 1.29 is 19.1 Å². The largest absolute Gasteiger partial charge is 0.497 e. The Bertz CT molecular complexity index is 936. The molecule has 0 aliphatic carbocycles. The average Bonchev–Trinajstić information content (AvgIpc) is 2.73. The lowest BCUT2D eigenvalue weighted by Gasteiger charge is -2.31. The minimum absolute atomic E-state index is 0.342. The molecule has 0 fully saturated rings. The predicted molar refractivity (Wildman–Crippen MR) is 113 cm³/mol. The predicted octanol–water partition coefficient (Wildman–Crippen LogP) is 4.09. The van der Waals surface area contributed by atoms with Crippen LogP contribution in [0.1, 0.15) is 42.1 Å². The molecule has 152 valence electrons. The third kappa shape index (κ3) is 4.16. The van der Waals surface area contributed by atoms with Crippen LogP contribution in [0.4, 0.5) is 5.69 Å².